The van der Waals surface area contributed by atoms with E-state index in [-0.39, 0.29) is 17.7 Å². The topological polar surface area (TPSA) is 38.3 Å². The van der Waals surface area contributed by atoms with Crippen molar-refractivity contribution in [3.8, 4) is 0 Å². The lowest BCUT2D eigenvalue weighted by Crippen LogP contribution is -2.37. The van der Waals surface area contributed by atoms with Gasteiger partial charge in [-0.2, -0.15) is 13.2 Å². The van der Waals surface area contributed by atoms with E-state index in [4.69, 9.17) is 4.74 Å². The third kappa shape index (κ3) is 4.80. The summed E-state index contributed by atoms with van der Waals surface area (Å²) >= 11 is 0. The number of halogens is 4. The van der Waals surface area contributed by atoms with Crippen LogP contribution in [0.4, 0.5) is 17.6 Å². The van der Waals surface area contributed by atoms with Crippen molar-refractivity contribution in [2.45, 2.75) is 26.1 Å². The summed E-state index contributed by atoms with van der Waals surface area (Å²) < 4.78 is 54.7. The van der Waals surface area contributed by atoms with E-state index in [9.17, 15) is 22.4 Å². The van der Waals surface area contributed by atoms with Crippen molar-refractivity contribution < 1.29 is 27.1 Å². The lowest BCUT2D eigenvalue weighted by molar-refractivity contribution is -0.149. The average Bonchev–Trinajstić information content (AvgIpc) is 2.32. The van der Waals surface area contributed by atoms with E-state index in [1.165, 1.54) is 19.1 Å². The van der Waals surface area contributed by atoms with Gasteiger partial charge in [-0.15, -0.1) is 0 Å². The molecule has 112 valence electrons. The molecular weight excluding hydrogens is 278 g/mol. The molecule has 1 N–H and O–H groups in total. The van der Waals surface area contributed by atoms with Crippen LogP contribution in [0.5, 0.6) is 0 Å². The molecule has 0 amide bonds. The van der Waals surface area contributed by atoms with Crippen molar-refractivity contribution in [2.24, 2.45) is 0 Å². The van der Waals surface area contributed by atoms with Gasteiger partial charge < -0.3 is 4.74 Å². The summed E-state index contributed by atoms with van der Waals surface area (Å²) in [6, 6.07) is 2.40. The first kappa shape index (κ1) is 16.4. The van der Waals surface area contributed by atoms with E-state index in [2.05, 4.69) is 5.32 Å². The highest BCUT2D eigenvalue weighted by atomic mass is 19.4. The molecule has 0 fully saturated rings. The summed E-state index contributed by atoms with van der Waals surface area (Å²) in [6.07, 6.45) is -4.46. The maximum Gasteiger partial charge on any atom is 0.401 e. The number of rotatable bonds is 5. The van der Waals surface area contributed by atoms with Gasteiger partial charge in [-0.1, -0.05) is 12.1 Å². The lowest BCUT2D eigenvalue weighted by Gasteiger charge is -2.19. The summed E-state index contributed by atoms with van der Waals surface area (Å²) in [4.78, 5) is 11.7. The Kier molecular flexibility index (Phi) is 5.50. The highest BCUT2D eigenvalue weighted by Gasteiger charge is 2.31. The van der Waals surface area contributed by atoms with E-state index < -0.39 is 30.5 Å². The van der Waals surface area contributed by atoms with Crippen LogP contribution in [0.1, 0.15) is 24.1 Å². The number of hydrogen-bond acceptors (Lipinski definition) is 3. The molecule has 0 saturated heterocycles. The maximum absolute atomic E-state index is 13.2. The zero-order valence-electron chi connectivity index (χ0n) is 11.1. The van der Waals surface area contributed by atoms with Crippen LogP contribution in [0.25, 0.3) is 0 Å². The normalized spacial score (nSPS) is 13.1. The molecule has 0 aromatic heterocycles. The van der Waals surface area contributed by atoms with Gasteiger partial charge in [0.25, 0.3) is 0 Å². The molecule has 1 aromatic rings. The number of hydrogen-bond donors (Lipinski definition) is 1. The molecule has 0 aliphatic rings. The molecule has 1 aromatic carbocycles. The first-order valence-corrected chi connectivity index (χ1v) is 5.97. The number of esters is 1. The van der Waals surface area contributed by atoms with Crippen LogP contribution in [0.3, 0.4) is 0 Å². The van der Waals surface area contributed by atoms with Crippen molar-refractivity contribution >= 4 is 5.97 Å². The molecule has 20 heavy (non-hydrogen) atoms. The molecule has 3 nitrogen and oxygen atoms in total. The van der Waals surface area contributed by atoms with Gasteiger partial charge in [0.15, 0.2) is 0 Å². The van der Waals surface area contributed by atoms with Gasteiger partial charge >= 0.3 is 12.1 Å². The number of nitrogens with one attached hydrogen (secondary N) is 1. The second kappa shape index (κ2) is 6.69. The fourth-order valence-electron chi connectivity index (χ4n) is 1.63. The predicted octanol–water partition coefficient (Wildman–Crippen LogP) is 2.89. The van der Waals surface area contributed by atoms with Crippen LogP contribution in [0, 0.1) is 12.7 Å². The van der Waals surface area contributed by atoms with Crippen LogP contribution in [-0.4, -0.2) is 25.3 Å². The quantitative estimate of drug-likeness (QED) is 0.670. The summed E-state index contributed by atoms with van der Waals surface area (Å²) in [6.45, 7) is 1.72. The van der Waals surface area contributed by atoms with Crippen molar-refractivity contribution in [3.05, 3.63) is 35.1 Å². The molecule has 0 aliphatic heterocycles. The summed E-state index contributed by atoms with van der Waals surface area (Å²) in [7, 11) is 0. The number of carbonyl (C=O) groups excluding carboxylic acids is 1. The molecule has 0 radical (unpaired) electrons. The number of benzene rings is 1. The first-order valence-electron chi connectivity index (χ1n) is 5.97. The molecule has 7 heteroatoms. The fraction of sp³-hybridized carbons (Fsp3) is 0.462. The Morgan fingerprint density at radius 1 is 1.40 bits per heavy atom. The van der Waals surface area contributed by atoms with Crippen LogP contribution >= 0.6 is 0 Å². The second-order valence-corrected chi connectivity index (χ2v) is 4.19. The Balaban J connectivity index is 2.96. The molecule has 1 rings (SSSR count). The largest absolute Gasteiger partial charge is 0.465 e. The summed E-state index contributed by atoms with van der Waals surface area (Å²) in [5.74, 6) is -1.32. The van der Waals surface area contributed by atoms with Gasteiger partial charge in [0, 0.05) is 0 Å². The fourth-order valence-corrected chi connectivity index (χ4v) is 1.63. The minimum absolute atomic E-state index is 0.0448. The third-order valence-electron chi connectivity index (χ3n) is 2.54. The predicted molar refractivity (Wildman–Crippen MR) is 64.6 cm³/mol. The highest BCUT2D eigenvalue weighted by molar-refractivity contribution is 5.77. The second-order valence-electron chi connectivity index (χ2n) is 4.19. The average molecular weight is 293 g/mol. The Hall–Kier alpha value is -1.63. The lowest BCUT2D eigenvalue weighted by atomic mass is 10.0. The molecule has 0 aliphatic carbocycles. The van der Waals surface area contributed by atoms with Crippen LogP contribution in [-0.2, 0) is 9.53 Å². The zero-order valence-corrected chi connectivity index (χ0v) is 11.1. The molecule has 0 saturated carbocycles. The van der Waals surface area contributed by atoms with Gasteiger partial charge in [-0.3, -0.25) is 5.32 Å². The molecule has 0 heterocycles. The minimum atomic E-state index is -4.46. The van der Waals surface area contributed by atoms with E-state index in [0.717, 1.165) is 6.07 Å². The monoisotopic (exact) mass is 293 g/mol. The van der Waals surface area contributed by atoms with Crippen molar-refractivity contribution in [3.63, 3.8) is 0 Å². The number of carbonyl (C=O) groups is 1. The Labute approximate surface area is 113 Å². The van der Waals surface area contributed by atoms with Gasteiger partial charge in [0.05, 0.1) is 13.2 Å². The Morgan fingerprint density at radius 3 is 2.55 bits per heavy atom. The first-order chi connectivity index (χ1) is 9.24. The van der Waals surface area contributed by atoms with E-state index in [0.29, 0.717) is 0 Å². The summed E-state index contributed by atoms with van der Waals surface area (Å²) in [5.41, 5.74) is 0.470. The maximum atomic E-state index is 13.2. The molecule has 0 spiro atoms. The molecule has 1 unspecified atom stereocenters. The van der Waals surface area contributed by atoms with E-state index >= 15 is 0 Å². The van der Waals surface area contributed by atoms with Crippen LogP contribution in [0.2, 0.25) is 0 Å². The van der Waals surface area contributed by atoms with E-state index in [1.807, 2.05) is 0 Å². The smallest absolute Gasteiger partial charge is 0.401 e. The number of aryl methyl sites for hydroxylation is 1. The molecular formula is C13H15F4NO2. The Bertz CT molecular complexity index is 474. The van der Waals surface area contributed by atoms with Gasteiger partial charge in [-0.05, 0) is 31.0 Å². The molecule has 0 bridgehead atoms. The van der Waals surface area contributed by atoms with Crippen molar-refractivity contribution in [1.29, 1.82) is 0 Å². The number of alkyl halides is 3. The van der Waals surface area contributed by atoms with Gasteiger partial charge in [0.1, 0.15) is 11.9 Å². The van der Waals surface area contributed by atoms with Crippen molar-refractivity contribution in [2.75, 3.05) is 13.2 Å². The van der Waals surface area contributed by atoms with Crippen LogP contribution < -0.4 is 5.32 Å². The van der Waals surface area contributed by atoms with Gasteiger partial charge in [-0.25, -0.2) is 9.18 Å². The Morgan fingerprint density at radius 2 is 2.05 bits per heavy atom. The van der Waals surface area contributed by atoms with Gasteiger partial charge in [0.2, 0.25) is 0 Å². The third-order valence-corrected chi connectivity index (χ3v) is 2.54. The number of ether oxygens (including phenoxy) is 1. The molecule has 1 atom stereocenters. The SMILES string of the molecule is CCOC(=O)C(NCC(F)(F)F)c1ccc(F)c(C)c1. The van der Waals surface area contributed by atoms with Crippen LogP contribution in [0.15, 0.2) is 18.2 Å². The van der Waals surface area contributed by atoms with Crippen molar-refractivity contribution in [1.82, 2.24) is 5.32 Å². The standard InChI is InChI=1S/C13H15F4NO2/c1-3-20-12(19)11(18-7-13(15,16)17)9-4-5-10(14)8(2)6-9/h4-6,11,18H,3,7H2,1-2H3. The summed E-state index contributed by atoms with van der Waals surface area (Å²) in [5, 5.41) is 2.09. The zero-order chi connectivity index (χ0) is 15.3. The minimum Gasteiger partial charge on any atom is -0.465 e. The highest BCUT2D eigenvalue weighted by Crippen LogP contribution is 2.21. The van der Waals surface area contributed by atoms with E-state index in [1.54, 1.807) is 6.92 Å².